The summed E-state index contributed by atoms with van der Waals surface area (Å²) in [5.74, 6) is 2.13. The molecule has 102 valence electrons. The molecule has 0 saturated heterocycles. The van der Waals surface area contributed by atoms with Gasteiger partial charge in [0.1, 0.15) is 0 Å². The van der Waals surface area contributed by atoms with Crippen LogP contribution in [0, 0.1) is 0 Å². The fourth-order valence-corrected chi connectivity index (χ4v) is 2.43. The van der Waals surface area contributed by atoms with Crippen molar-refractivity contribution in [2.24, 2.45) is 0 Å². The Morgan fingerprint density at radius 3 is 2.78 bits per heavy atom. The molecule has 0 aliphatic carbocycles. The number of phenols is 1. The van der Waals surface area contributed by atoms with E-state index in [1.54, 1.807) is 23.9 Å². The van der Waals surface area contributed by atoms with Crippen LogP contribution in [0.3, 0.4) is 0 Å². The summed E-state index contributed by atoms with van der Waals surface area (Å²) < 4.78 is 4.98. The maximum atomic E-state index is 9.61. The van der Waals surface area contributed by atoms with E-state index in [0.717, 1.165) is 24.2 Å². The third kappa shape index (κ3) is 5.16. The number of rotatable bonds is 8. The Hall–Kier alpha value is -0.910. The number of methoxy groups -OCH3 is 1. The molecular weight excluding hydrogens is 252 g/mol. The molecule has 0 bridgehead atoms. The second kappa shape index (κ2) is 8.24. The summed E-state index contributed by atoms with van der Waals surface area (Å²) in [6.07, 6.45) is 1.22. The summed E-state index contributed by atoms with van der Waals surface area (Å²) in [4.78, 5) is 0. The van der Waals surface area contributed by atoms with Crippen molar-refractivity contribution in [3.05, 3.63) is 23.8 Å². The number of hydrogen-bond donors (Lipinski definition) is 3. The summed E-state index contributed by atoms with van der Waals surface area (Å²) >= 11 is 1.62. The first-order valence-electron chi connectivity index (χ1n) is 5.90. The van der Waals surface area contributed by atoms with Crippen molar-refractivity contribution in [1.82, 2.24) is 0 Å². The molecule has 1 atom stereocenters. The van der Waals surface area contributed by atoms with Gasteiger partial charge in [0, 0.05) is 5.75 Å². The zero-order valence-corrected chi connectivity index (χ0v) is 11.3. The number of benzene rings is 1. The van der Waals surface area contributed by atoms with Gasteiger partial charge in [-0.1, -0.05) is 6.07 Å². The normalized spacial score (nSPS) is 12.4. The van der Waals surface area contributed by atoms with Gasteiger partial charge in [-0.3, -0.25) is 0 Å². The van der Waals surface area contributed by atoms with Gasteiger partial charge in [0.25, 0.3) is 0 Å². The molecule has 0 saturated carbocycles. The molecule has 0 fully saturated rings. The monoisotopic (exact) mass is 272 g/mol. The molecule has 1 unspecified atom stereocenters. The summed E-state index contributed by atoms with van der Waals surface area (Å²) in [6, 6.07) is 5.41. The van der Waals surface area contributed by atoms with Crippen molar-refractivity contribution in [3.63, 3.8) is 0 Å². The van der Waals surface area contributed by atoms with Crippen molar-refractivity contribution < 1.29 is 20.1 Å². The first kappa shape index (κ1) is 15.1. The van der Waals surface area contributed by atoms with Crippen molar-refractivity contribution in [1.29, 1.82) is 0 Å². The van der Waals surface area contributed by atoms with Crippen LogP contribution in [-0.4, -0.2) is 46.6 Å². The molecular formula is C13H20O4S. The number of ether oxygens (including phenoxy) is 1. The molecule has 1 rings (SSSR count). The molecule has 0 heterocycles. The second-order valence-electron chi connectivity index (χ2n) is 4.02. The Bertz CT molecular complexity index is 357. The molecule has 0 spiro atoms. The maximum absolute atomic E-state index is 9.61. The quantitative estimate of drug-likeness (QED) is 0.624. The van der Waals surface area contributed by atoms with Gasteiger partial charge in [0.05, 0.1) is 19.8 Å². The SMILES string of the molecule is COc1ccc(CCCSCC(O)CO)cc1O. The number of aromatic hydroxyl groups is 1. The molecule has 18 heavy (non-hydrogen) atoms. The van der Waals surface area contributed by atoms with Crippen LogP contribution < -0.4 is 4.74 Å². The lowest BCUT2D eigenvalue weighted by molar-refractivity contribution is 0.113. The Labute approximate surface area is 112 Å². The predicted octanol–water partition coefficient (Wildman–Crippen LogP) is 1.42. The third-order valence-corrected chi connectivity index (χ3v) is 3.72. The van der Waals surface area contributed by atoms with Crippen LogP contribution in [0.4, 0.5) is 0 Å². The van der Waals surface area contributed by atoms with Crippen molar-refractivity contribution in [3.8, 4) is 11.5 Å². The summed E-state index contributed by atoms with van der Waals surface area (Å²) in [6.45, 7) is -0.181. The predicted molar refractivity (Wildman–Crippen MR) is 73.4 cm³/mol. The van der Waals surface area contributed by atoms with Crippen molar-refractivity contribution >= 4 is 11.8 Å². The lowest BCUT2D eigenvalue weighted by Gasteiger charge is -2.07. The highest BCUT2D eigenvalue weighted by Crippen LogP contribution is 2.26. The topological polar surface area (TPSA) is 69.9 Å². The number of aryl methyl sites for hydroxylation is 1. The molecule has 0 aliphatic rings. The van der Waals surface area contributed by atoms with E-state index < -0.39 is 6.10 Å². The van der Waals surface area contributed by atoms with Crippen LogP contribution >= 0.6 is 11.8 Å². The van der Waals surface area contributed by atoms with Crippen molar-refractivity contribution in [2.75, 3.05) is 25.2 Å². The van der Waals surface area contributed by atoms with E-state index in [4.69, 9.17) is 14.9 Å². The number of aliphatic hydroxyl groups is 2. The van der Waals surface area contributed by atoms with Crippen LogP contribution in [0.15, 0.2) is 18.2 Å². The lowest BCUT2D eigenvalue weighted by atomic mass is 10.1. The number of aliphatic hydroxyl groups excluding tert-OH is 2. The summed E-state index contributed by atoms with van der Waals surface area (Å²) in [5, 5.41) is 27.4. The van der Waals surface area contributed by atoms with Crippen LogP contribution in [0.1, 0.15) is 12.0 Å². The zero-order valence-electron chi connectivity index (χ0n) is 10.5. The Kier molecular flexibility index (Phi) is 6.93. The molecule has 1 aromatic rings. The molecule has 0 aromatic heterocycles. The highest BCUT2D eigenvalue weighted by atomic mass is 32.2. The van der Waals surface area contributed by atoms with E-state index >= 15 is 0 Å². The smallest absolute Gasteiger partial charge is 0.160 e. The number of hydrogen-bond acceptors (Lipinski definition) is 5. The fraction of sp³-hybridized carbons (Fsp3) is 0.538. The summed E-state index contributed by atoms with van der Waals surface area (Å²) in [7, 11) is 1.53. The minimum atomic E-state index is -0.625. The number of thioether (sulfide) groups is 1. The van der Waals surface area contributed by atoms with Crippen LogP contribution in [-0.2, 0) is 6.42 Å². The minimum absolute atomic E-state index is 0.165. The van der Waals surface area contributed by atoms with Gasteiger partial charge in [-0.15, -0.1) is 0 Å². The van der Waals surface area contributed by atoms with Crippen LogP contribution in [0.2, 0.25) is 0 Å². The van der Waals surface area contributed by atoms with E-state index in [1.807, 2.05) is 6.07 Å². The average molecular weight is 272 g/mol. The largest absolute Gasteiger partial charge is 0.504 e. The third-order valence-electron chi connectivity index (χ3n) is 2.52. The summed E-state index contributed by atoms with van der Waals surface area (Å²) in [5.41, 5.74) is 1.07. The molecule has 5 heteroatoms. The van der Waals surface area contributed by atoms with Gasteiger partial charge in [0.15, 0.2) is 11.5 Å². The molecule has 0 amide bonds. The molecule has 3 N–H and O–H groups in total. The van der Waals surface area contributed by atoms with Crippen LogP contribution in [0.25, 0.3) is 0 Å². The van der Waals surface area contributed by atoms with E-state index in [2.05, 4.69) is 0 Å². The Morgan fingerprint density at radius 1 is 1.39 bits per heavy atom. The van der Waals surface area contributed by atoms with Crippen LogP contribution in [0.5, 0.6) is 11.5 Å². The molecule has 0 radical (unpaired) electrons. The fourth-order valence-electron chi connectivity index (χ4n) is 1.54. The van der Waals surface area contributed by atoms with E-state index in [-0.39, 0.29) is 12.4 Å². The molecule has 0 aliphatic heterocycles. The van der Waals surface area contributed by atoms with Crippen molar-refractivity contribution in [2.45, 2.75) is 18.9 Å². The Morgan fingerprint density at radius 2 is 2.17 bits per heavy atom. The van der Waals surface area contributed by atoms with E-state index in [9.17, 15) is 5.11 Å². The zero-order chi connectivity index (χ0) is 13.4. The average Bonchev–Trinajstić information content (AvgIpc) is 2.38. The van der Waals surface area contributed by atoms with E-state index in [0.29, 0.717) is 11.5 Å². The van der Waals surface area contributed by atoms with Gasteiger partial charge in [-0.2, -0.15) is 11.8 Å². The van der Waals surface area contributed by atoms with Gasteiger partial charge in [0.2, 0.25) is 0 Å². The molecule has 1 aromatic carbocycles. The minimum Gasteiger partial charge on any atom is -0.504 e. The second-order valence-corrected chi connectivity index (χ2v) is 5.17. The number of phenolic OH excluding ortho intramolecular Hbond substituents is 1. The first-order valence-corrected chi connectivity index (χ1v) is 7.05. The first-order chi connectivity index (χ1) is 8.67. The maximum Gasteiger partial charge on any atom is 0.160 e. The van der Waals surface area contributed by atoms with Gasteiger partial charge in [-0.05, 0) is 36.3 Å². The van der Waals surface area contributed by atoms with Gasteiger partial charge >= 0.3 is 0 Å². The standard InChI is InChI=1S/C13H20O4S/c1-17-13-5-4-10(7-12(13)16)3-2-6-18-9-11(15)8-14/h4-5,7,11,14-16H,2-3,6,8-9H2,1H3. The van der Waals surface area contributed by atoms with Gasteiger partial charge < -0.3 is 20.1 Å². The highest BCUT2D eigenvalue weighted by Gasteiger charge is 2.03. The molecule has 4 nitrogen and oxygen atoms in total. The van der Waals surface area contributed by atoms with E-state index in [1.165, 1.54) is 7.11 Å². The lowest BCUT2D eigenvalue weighted by Crippen LogP contribution is -2.14. The highest BCUT2D eigenvalue weighted by molar-refractivity contribution is 7.99. The van der Waals surface area contributed by atoms with Gasteiger partial charge in [-0.25, -0.2) is 0 Å². The Balaban J connectivity index is 2.25.